The van der Waals surface area contributed by atoms with Crippen molar-refractivity contribution in [2.24, 2.45) is 0 Å². The highest BCUT2D eigenvalue weighted by atomic mass is 79.9. The lowest BCUT2D eigenvalue weighted by Gasteiger charge is -2.38. The lowest BCUT2D eigenvalue weighted by molar-refractivity contribution is -0.0380. The Bertz CT molecular complexity index is 566. The lowest BCUT2D eigenvalue weighted by atomic mass is 9.88. The summed E-state index contributed by atoms with van der Waals surface area (Å²) in [4.78, 5) is 17.9. The Kier molecular flexibility index (Phi) is 5.04. The Balaban J connectivity index is 2.06. The predicted molar refractivity (Wildman–Crippen MR) is 87.9 cm³/mol. The number of amides is 1. The van der Waals surface area contributed by atoms with Crippen LogP contribution in [0.3, 0.4) is 0 Å². The van der Waals surface area contributed by atoms with E-state index in [1.54, 1.807) is 17.2 Å². The smallest absolute Gasteiger partial charge is 0.410 e. The van der Waals surface area contributed by atoms with Crippen molar-refractivity contribution >= 4 is 33.6 Å². The Labute approximate surface area is 143 Å². The van der Waals surface area contributed by atoms with Crippen LogP contribution in [-0.2, 0) is 10.3 Å². The summed E-state index contributed by atoms with van der Waals surface area (Å²) in [5, 5.41) is 11.2. The zero-order chi connectivity index (χ0) is 16.5. The molecule has 5 nitrogen and oxygen atoms in total. The normalized spacial score (nSPS) is 18.2. The number of aliphatic hydroxyl groups is 1. The molecule has 0 atom stereocenters. The Morgan fingerprint density at radius 3 is 2.55 bits per heavy atom. The molecule has 0 aromatic carbocycles. The number of rotatable bonds is 1. The number of likely N-dealkylation sites (tertiary alicyclic amines) is 1. The van der Waals surface area contributed by atoms with Gasteiger partial charge >= 0.3 is 6.09 Å². The van der Waals surface area contributed by atoms with Crippen molar-refractivity contribution in [1.29, 1.82) is 0 Å². The van der Waals surface area contributed by atoms with Gasteiger partial charge in [0.15, 0.2) is 0 Å². The molecule has 1 N–H and O–H groups in total. The molecule has 1 saturated heterocycles. The quantitative estimate of drug-likeness (QED) is 0.792. The van der Waals surface area contributed by atoms with E-state index in [9.17, 15) is 9.90 Å². The van der Waals surface area contributed by atoms with Gasteiger partial charge < -0.3 is 14.7 Å². The molecule has 0 aliphatic carbocycles. The first kappa shape index (κ1) is 17.5. The SMILES string of the molecule is CC(C)(C)OC(=O)N1CCC(O)(c2ncc(Br)cc2Cl)CC1. The Morgan fingerprint density at radius 2 is 2.05 bits per heavy atom. The van der Waals surface area contributed by atoms with Gasteiger partial charge in [-0.3, -0.25) is 4.98 Å². The maximum atomic E-state index is 12.0. The van der Waals surface area contributed by atoms with E-state index in [0.717, 1.165) is 4.47 Å². The average molecular weight is 392 g/mol. The van der Waals surface area contributed by atoms with Crippen LogP contribution in [0.2, 0.25) is 5.02 Å². The minimum Gasteiger partial charge on any atom is -0.444 e. The van der Waals surface area contributed by atoms with Crippen LogP contribution in [0, 0.1) is 0 Å². The second-order valence-electron chi connectivity index (χ2n) is 6.48. The Hall–Kier alpha value is -0.850. The topological polar surface area (TPSA) is 62.7 Å². The molecule has 1 aliphatic rings. The van der Waals surface area contributed by atoms with Crippen LogP contribution in [0.25, 0.3) is 0 Å². The van der Waals surface area contributed by atoms with Crippen molar-refractivity contribution in [3.63, 3.8) is 0 Å². The highest BCUT2D eigenvalue weighted by Crippen LogP contribution is 2.36. The standard InChI is InChI=1S/C15H20BrClN2O3/c1-14(2,3)22-13(20)19-6-4-15(21,5-7-19)12-11(17)8-10(16)9-18-12/h8-9,21H,4-7H2,1-3H3. The van der Waals surface area contributed by atoms with E-state index in [1.165, 1.54) is 0 Å². The van der Waals surface area contributed by atoms with E-state index < -0.39 is 11.2 Å². The second-order valence-corrected chi connectivity index (χ2v) is 7.81. The van der Waals surface area contributed by atoms with E-state index in [0.29, 0.717) is 36.6 Å². The summed E-state index contributed by atoms with van der Waals surface area (Å²) in [5.41, 5.74) is -1.18. The summed E-state index contributed by atoms with van der Waals surface area (Å²) in [6.07, 6.45) is 2.00. The third kappa shape index (κ3) is 4.12. The van der Waals surface area contributed by atoms with Gasteiger partial charge in [-0.05, 0) is 55.6 Å². The largest absolute Gasteiger partial charge is 0.444 e. The van der Waals surface area contributed by atoms with Gasteiger partial charge in [0, 0.05) is 23.8 Å². The monoisotopic (exact) mass is 390 g/mol. The average Bonchev–Trinajstić information content (AvgIpc) is 2.36. The third-order valence-electron chi connectivity index (χ3n) is 3.49. The summed E-state index contributed by atoms with van der Waals surface area (Å²) < 4.78 is 6.11. The van der Waals surface area contributed by atoms with Crippen molar-refractivity contribution in [2.45, 2.75) is 44.8 Å². The fourth-order valence-electron chi connectivity index (χ4n) is 2.38. The lowest BCUT2D eigenvalue weighted by Crippen LogP contribution is -2.47. The Morgan fingerprint density at radius 1 is 1.45 bits per heavy atom. The number of hydrogen-bond donors (Lipinski definition) is 1. The van der Waals surface area contributed by atoms with Gasteiger partial charge in [0.25, 0.3) is 0 Å². The number of carbonyl (C=O) groups is 1. The zero-order valence-corrected chi connectivity index (χ0v) is 15.2. The van der Waals surface area contributed by atoms with Crippen LogP contribution < -0.4 is 0 Å². The molecule has 0 bridgehead atoms. The van der Waals surface area contributed by atoms with E-state index in [-0.39, 0.29) is 6.09 Å². The van der Waals surface area contributed by atoms with Gasteiger partial charge in [-0.15, -0.1) is 0 Å². The number of pyridine rings is 1. The number of aromatic nitrogens is 1. The predicted octanol–water partition coefficient (Wildman–Crippen LogP) is 3.72. The van der Waals surface area contributed by atoms with Crippen LogP contribution in [0.1, 0.15) is 39.3 Å². The number of ether oxygens (including phenoxy) is 1. The van der Waals surface area contributed by atoms with Gasteiger partial charge in [-0.25, -0.2) is 4.79 Å². The minimum absolute atomic E-state index is 0.357. The maximum Gasteiger partial charge on any atom is 0.410 e. The van der Waals surface area contributed by atoms with Crippen LogP contribution in [0.4, 0.5) is 4.79 Å². The van der Waals surface area contributed by atoms with Crippen LogP contribution in [-0.4, -0.2) is 39.8 Å². The fourth-order valence-corrected chi connectivity index (χ4v) is 3.18. The number of piperidine rings is 1. The fraction of sp³-hybridized carbons (Fsp3) is 0.600. The maximum absolute atomic E-state index is 12.0. The number of carbonyl (C=O) groups excluding carboxylic acids is 1. The molecule has 1 aromatic heterocycles. The van der Waals surface area contributed by atoms with Gasteiger partial charge in [-0.1, -0.05) is 11.6 Å². The van der Waals surface area contributed by atoms with E-state index >= 15 is 0 Å². The highest BCUT2D eigenvalue weighted by molar-refractivity contribution is 9.10. The molecule has 22 heavy (non-hydrogen) atoms. The number of hydrogen-bond acceptors (Lipinski definition) is 4. The van der Waals surface area contributed by atoms with E-state index in [4.69, 9.17) is 16.3 Å². The molecule has 2 heterocycles. The van der Waals surface area contributed by atoms with Gasteiger partial charge in [-0.2, -0.15) is 0 Å². The highest BCUT2D eigenvalue weighted by Gasteiger charge is 2.39. The van der Waals surface area contributed by atoms with Crippen molar-refractivity contribution in [1.82, 2.24) is 9.88 Å². The van der Waals surface area contributed by atoms with Crippen molar-refractivity contribution in [3.05, 3.63) is 27.5 Å². The molecule has 0 radical (unpaired) electrons. The summed E-state index contributed by atoms with van der Waals surface area (Å²) in [7, 11) is 0. The van der Waals surface area contributed by atoms with Crippen LogP contribution in [0.15, 0.2) is 16.7 Å². The van der Waals surface area contributed by atoms with Crippen molar-refractivity contribution in [2.75, 3.05) is 13.1 Å². The first-order chi connectivity index (χ1) is 10.1. The first-order valence-electron chi connectivity index (χ1n) is 7.12. The van der Waals surface area contributed by atoms with Crippen molar-refractivity contribution < 1.29 is 14.6 Å². The summed E-state index contributed by atoms with van der Waals surface area (Å²) in [6.45, 7) is 6.29. The molecule has 1 fully saturated rings. The summed E-state index contributed by atoms with van der Waals surface area (Å²) in [6, 6.07) is 1.71. The minimum atomic E-state index is -1.11. The molecular formula is C15H20BrClN2O3. The van der Waals surface area contributed by atoms with Crippen molar-refractivity contribution in [3.8, 4) is 0 Å². The van der Waals surface area contributed by atoms with E-state index in [2.05, 4.69) is 20.9 Å². The molecule has 1 amide bonds. The van der Waals surface area contributed by atoms with Gasteiger partial charge in [0.05, 0.1) is 10.7 Å². The summed E-state index contributed by atoms with van der Waals surface area (Å²) in [5.74, 6) is 0. The molecular weight excluding hydrogens is 372 g/mol. The molecule has 1 aliphatic heterocycles. The molecule has 2 rings (SSSR count). The first-order valence-corrected chi connectivity index (χ1v) is 8.30. The molecule has 7 heteroatoms. The van der Waals surface area contributed by atoms with Gasteiger partial charge in [0.2, 0.25) is 0 Å². The van der Waals surface area contributed by atoms with Gasteiger partial charge in [0.1, 0.15) is 11.2 Å². The molecule has 122 valence electrons. The van der Waals surface area contributed by atoms with E-state index in [1.807, 2.05) is 20.8 Å². The van der Waals surface area contributed by atoms with Crippen LogP contribution in [0.5, 0.6) is 0 Å². The summed E-state index contributed by atoms with van der Waals surface area (Å²) >= 11 is 9.48. The molecule has 0 unspecified atom stereocenters. The molecule has 1 aromatic rings. The molecule has 0 saturated carbocycles. The zero-order valence-electron chi connectivity index (χ0n) is 12.9. The van der Waals surface area contributed by atoms with Crippen LogP contribution >= 0.6 is 27.5 Å². The molecule has 0 spiro atoms. The third-order valence-corrected chi connectivity index (χ3v) is 4.21. The second kappa shape index (κ2) is 6.34. The number of nitrogens with zero attached hydrogens (tertiary/aromatic N) is 2. The number of halogens is 2.